The Labute approximate surface area is 298 Å². The molecule has 0 atom stereocenters. The largest absolute Gasteiger partial charge is 0.453 e. The summed E-state index contributed by atoms with van der Waals surface area (Å²) in [6, 6.07) is 58.4. The zero-order valence-electron chi connectivity index (χ0n) is 27.8. The standard InChI is InChI=1S/C46H28N4O2/c1-3-11-31(12-4-1)49-37-16-8-7-15-33(37)34-21-19-29(27-39(34)49)35-22-25-43-45(47-35)46-44(52-43)26-23-36(48-46)30-20-24-42-40(28-30)50(32-13-5-2-6-14-32)38-17-9-10-18-41(38)51-42/h1-28H. The van der Waals surface area contributed by atoms with E-state index in [0.717, 1.165) is 73.3 Å². The molecule has 1 aliphatic heterocycles. The summed E-state index contributed by atoms with van der Waals surface area (Å²) in [5.41, 5.74) is 13.0. The smallest absolute Gasteiger partial charge is 0.155 e. The van der Waals surface area contributed by atoms with Crippen molar-refractivity contribution in [3.8, 4) is 39.7 Å². The molecule has 4 aromatic heterocycles. The van der Waals surface area contributed by atoms with Crippen LogP contribution in [-0.2, 0) is 0 Å². The van der Waals surface area contributed by atoms with Gasteiger partial charge in [0.15, 0.2) is 22.7 Å². The van der Waals surface area contributed by atoms with E-state index in [-0.39, 0.29) is 0 Å². The molecule has 6 aromatic carbocycles. The quantitative estimate of drug-likeness (QED) is 0.187. The number of rotatable bonds is 4. The van der Waals surface area contributed by atoms with Gasteiger partial charge in [-0.25, -0.2) is 9.97 Å². The van der Waals surface area contributed by atoms with Gasteiger partial charge in [-0.3, -0.25) is 0 Å². The first-order valence-electron chi connectivity index (χ1n) is 17.3. The number of furan rings is 1. The van der Waals surface area contributed by atoms with Gasteiger partial charge in [0.1, 0.15) is 11.0 Å². The summed E-state index contributed by atoms with van der Waals surface area (Å²) in [4.78, 5) is 12.6. The second-order valence-electron chi connectivity index (χ2n) is 13.0. The van der Waals surface area contributed by atoms with Crippen molar-refractivity contribution in [3.63, 3.8) is 0 Å². The van der Waals surface area contributed by atoms with Crippen molar-refractivity contribution >= 4 is 61.1 Å². The lowest BCUT2D eigenvalue weighted by molar-refractivity contribution is 0.477. The monoisotopic (exact) mass is 668 g/mol. The van der Waals surface area contributed by atoms with Gasteiger partial charge in [-0.2, -0.15) is 0 Å². The fourth-order valence-corrected chi connectivity index (χ4v) is 7.59. The lowest BCUT2D eigenvalue weighted by atomic mass is 10.1. The minimum Gasteiger partial charge on any atom is -0.453 e. The van der Waals surface area contributed by atoms with Crippen molar-refractivity contribution in [2.75, 3.05) is 4.90 Å². The van der Waals surface area contributed by atoms with Crippen molar-refractivity contribution in [1.82, 2.24) is 14.5 Å². The number of fused-ring (bicyclic) bond motifs is 8. The molecule has 0 amide bonds. The third kappa shape index (κ3) is 4.38. The van der Waals surface area contributed by atoms with Crippen molar-refractivity contribution in [1.29, 1.82) is 0 Å². The number of hydrogen-bond donors (Lipinski definition) is 0. The molecule has 0 saturated carbocycles. The van der Waals surface area contributed by atoms with Crippen LogP contribution >= 0.6 is 0 Å². The summed E-state index contributed by atoms with van der Waals surface area (Å²) < 4.78 is 15.0. The molecule has 52 heavy (non-hydrogen) atoms. The first-order chi connectivity index (χ1) is 25.8. The normalized spacial score (nSPS) is 12.3. The number of anilines is 3. The Balaban J connectivity index is 1.03. The summed E-state index contributed by atoms with van der Waals surface area (Å²) >= 11 is 0. The maximum Gasteiger partial charge on any atom is 0.155 e. The Morgan fingerprint density at radius 2 is 1.02 bits per heavy atom. The van der Waals surface area contributed by atoms with Gasteiger partial charge in [-0.15, -0.1) is 0 Å². The summed E-state index contributed by atoms with van der Waals surface area (Å²) in [7, 11) is 0. The molecule has 10 aromatic rings. The van der Waals surface area contributed by atoms with Gasteiger partial charge >= 0.3 is 0 Å². The Hall–Kier alpha value is -7.18. The minimum atomic E-state index is 0.698. The van der Waals surface area contributed by atoms with Crippen LogP contribution in [0.1, 0.15) is 0 Å². The van der Waals surface area contributed by atoms with Crippen molar-refractivity contribution in [3.05, 3.63) is 170 Å². The molecule has 0 fully saturated rings. The second-order valence-corrected chi connectivity index (χ2v) is 13.0. The van der Waals surface area contributed by atoms with Crippen molar-refractivity contribution < 1.29 is 9.15 Å². The van der Waals surface area contributed by atoms with E-state index in [1.165, 1.54) is 16.3 Å². The summed E-state index contributed by atoms with van der Waals surface area (Å²) in [6.07, 6.45) is 0. The zero-order valence-corrected chi connectivity index (χ0v) is 27.8. The van der Waals surface area contributed by atoms with E-state index in [1.54, 1.807) is 0 Å². The third-order valence-corrected chi connectivity index (χ3v) is 9.98. The van der Waals surface area contributed by atoms with E-state index in [4.69, 9.17) is 19.1 Å². The molecule has 0 spiro atoms. The molecule has 0 saturated heterocycles. The molecular weight excluding hydrogens is 641 g/mol. The zero-order chi connectivity index (χ0) is 34.2. The summed E-state index contributed by atoms with van der Waals surface area (Å²) in [5, 5.41) is 2.42. The Bertz CT molecular complexity index is 3000. The van der Waals surface area contributed by atoms with Crippen molar-refractivity contribution in [2.45, 2.75) is 0 Å². The van der Waals surface area contributed by atoms with Gasteiger partial charge in [0.05, 0.1) is 33.8 Å². The first kappa shape index (κ1) is 28.6. The average Bonchev–Trinajstić information content (AvgIpc) is 3.75. The average molecular weight is 669 g/mol. The molecule has 0 aliphatic carbocycles. The van der Waals surface area contributed by atoms with E-state index < -0.39 is 0 Å². The van der Waals surface area contributed by atoms with Gasteiger partial charge in [-0.1, -0.05) is 78.9 Å². The molecule has 244 valence electrons. The van der Waals surface area contributed by atoms with Crippen molar-refractivity contribution in [2.24, 2.45) is 0 Å². The highest BCUT2D eigenvalue weighted by molar-refractivity contribution is 6.10. The van der Waals surface area contributed by atoms with Gasteiger partial charge in [-0.05, 0) is 91.0 Å². The second kappa shape index (κ2) is 11.2. The van der Waals surface area contributed by atoms with Gasteiger partial charge < -0.3 is 18.6 Å². The van der Waals surface area contributed by atoms with Crippen LogP contribution in [-0.4, -0.2) is 14.5 Å². The number of nitrogens with zero attached hydrogens (tertiary/aromatic N) is 4. The Kier molecular flexibility index (Phi) is 6.15. The molecule has 1 aliphatic rings. The van der Waals surface area contributed by atoms with E-state index >= 15 is 0 Å². The topological polar surface area (TPSA) is 56.3 Å². The van der Waals surface area contributed by atoms with Gasteiger partial charge in [0.2, 0.25) is 0 Å². The molecule has 5 heterocycles. The summed E-state index contributed by atoms with van der Waals surface area (Å²) in [6.45, 7) is 0. The molecule has 6 heteroatoms. The first-order valence-corrected chi connectivity index (χ1v) is 17.3. The van der Waals surface area contributed by atoms with Gasteiger partial charge in [0.25, 0.3) is 0 Å². The summed E-state index contributed by atoms with van der Waals surface area (Å²) in [5.74, 6) is 1.61. The highest BCUT2D eigenvalue weighted by atomic mass is 16.5. The number of para-hydroxylation sites is 5. The fourth-order valence-electron chi connectivity index (χ4n) is 7.59. The van der Waals surface area contributed by atoms with E-state index in [1.807, 2.05) is 54.6 Å². The lowest BCUT2D eigenvalue weighted by Crippen LogP contribution is -2.15. The fraction of sp³-hybridized carbons (Fsp3) is 0. The molecule has 11 rings (SSSR count). The van der Waals surface area contributed by atoms with Crippen LogP contribution < -0.4 is 9.64 Å². The number of pyridine rings is 2. The van der Waals surface area contributed by atoms with Crippen LogP contribution in [0.25, 0.3) is 72.2 Å². The SMILES string of the molecule is c1ccc(N2c3ccccc3Oc3ccc(-c4ccc5oc6ccc(-c7ccc8c9ccccc9n(-c9ccccc9)c8c7)nc6c5n4)cc32)cc1. The van der Waals surface area contributed by atoms with Crippen LogP contribution in [0.4, 0.5) is 17.1 Å². The van der Waals surface area contributed by atoms with E-state index in [2.05, 4.69) is 125 Å². The minimum absolute atomic E-state index is 0.698. The Morgan fingerprint density at radius 1 is 0.423 bits per heavy atom. The predicted octanol–water partition coefficient (Wildman–Crippen LogP) is 12.4. The van der Waals surface area contributed by atoms with Crippen LogP contribution in [0.3, 0.4) is 0 Å². The van der Waals surface area contributed by atoms with Crippen LogP contribution in [0.15, 0.2) is 174 Å². The molecule has 6 nitrogen and oxygen atoms in total. The molecule has 0 radical (unpaired) electrons. The van der Waals surface area contributed by atoms with Crippen LogP contribution in [0.5, 0.6) is 11.5 Å². The highest BCUT2D eigenvalue weighted by Crippen LogP contribution is 2.51. The molecule has 0 bridgehead atoms. The highest BCUT2D eigenvalue weighted by Gasteiger charge is 2.26. The van der Waals surface area contributed by atoms with Crippen LogP contribution in [0.2, 0.25) is 0 Å². The van der Waals surface area contributed by atoms with E-state index in [0.29, 0.717) is 11.2 Å². The number of hydrogen-bond acceptors (Lipinski definition) is 5. The lowest BCUT2D eigenvalue weighted by Gasteiger charge is -2.33. The molecule has 0 N–H and O–H groups in total. The predicted molar refractivity (Wildman–Crippen MR) is 209 cm³/mol. The van der Waals surface area contributed by atoms with Crippen LogP contribution in [0, 0.1) is 0 Å². The number of ether oxygens (including phenoxy) is 1. The maximum absolute atomic E-state index is 6.38. The maximum atomic E-state index is 6.38. The van der Waals surface area contributed by atoms with E-state index in [9.17, 15) is 0 Å². The molecule has 0 unspecified atom stereocenters. The Morgan fingerprint density at radius 3 is 1.79 bits per heavy atom. The number of benzene rings is 6. The third-order valence-electron chi connectivity index (χ3n) is 9.98. The number of aromatic nitrogens is 3. The molecular formula is C46H28N4O2. The van der Waals surface area contributed by atoms with Gasteiger partial charge in [0, 0.05) is 33.3 Å².